The highest BCUT2D eigenvalue weighted by Crippen LogP contribution is 2.23. The maximum atomic E-state index is 12.1. The molecule has 3 aromatic rings. The van der Waals surface area contributed by atoms with E-state index in [1.54, 1.807) is 42.6 Å². The molecule has 0 saturated carbocycles. The molecule has 1 amide bonds. The lowest BCUT2D eigenvalue weighted by atomic mass is 10.2. The fraction of sp³-hybridized carbons (Fsp3) is 0.0870. The number of halogens is 1. The summed E-state index contributed by atoms with van der Waals surface area (Å²) in [4.78, 5) is 20.8. The van der Waals surface area contributed by atoms with Crippen LogP contribution < -0.4 is 15.4 Å². The number of aliphatic imine (C=N–C) groups is 1. The number of anilines is 1. The molecule has 30 heavy (non-hydrogen) atoms. The normalized spacial score (nSPS) is 13.0. The van der Waals surface area contributed by atoms with Crippen LogP contribution in [0.15, 0.2) is 77.9 Å². The molecule has 0 radical (unpaired) electrons. The van der Waals surface area contributed by atoms with Gasteiger partial charge in [0.1, 0.15) is 23.0 Å². The number of hydrogen-bond donors (Lipinski definition) is 2. The van der Waals surface area contributed by atoms with Gasteiger partial charge in [-0.1, -0.05) is 29.8 Å². The van der Waals surface area contributed by atoms with Crippen molar-refractivity contribution in [2.24, 2.45) is 4.99 Å². The Bertz CT molecular complexity index is 1130. The van der Waals surface area contributed by atoms with Crippen molar-refractivity contribution in [2.75, 3.05) is 18.4 Å². The standard InChI is InChI=1S/C23H19ClN4O2/c24-17-4-2-5-18(14-17)28-22(29)8-7-16-3-1-6-19(13-16)30-20-9-10-25-21(15-20)23-26-11-12-27-23/h1-10,13-15H,11-12H2,(H,26,27)(H,28,29). The van der Waals surface area contributed by atoms with Crippen molar-refractivity contribution < 1.29 is 9.53 Å². The third-order valence-electron chi connectivity index (χ3n) is 4.26. The number of pyridine rings is 1. The molecular weight excluding hydrogens is 400 g/mol. The lowest BCUT2D eigenvalue weighted by molar-refractivity contribution is -0.111. The Hall–Kier alpha value is -3.64. The monoisotopic (exact) mass is 418 g/mol. The molecule has 0 bridgehead atoms. The topological polar surface area (TPSA) is 75.6 Å². The van der Waals surface area contributed by atoms with Gasteiger partial charge in [0, 0.05) is 35.6 Å². The fourth-order valence-corrected chi connectivity index (χ4v) is 3.10. The summed E-state index contributed by atoms with van der Waals surface area (Å²) in [5, 5.41) is 6.54. The summed E-state index contributed by atoms with van der Waals surface area (Å²) in [6.07, 6.45) is 4.88. The lowest BCUT2D eigenvalue weighted by Gasteiger charge is -2.08. The first-order valence-corrected chi connectivity index (χ1v) is 9.81. The van der Waals surface area contributed by atoms with E-state index in [0.29, 0.717) is 22.2 Å². The van der Waals surface area contributed by atoms with Gasteiger partial charge in [0.25, 0.3) is 0 Å². The fourth-order valence-electron chi connectivity index (χ4n) is 2.91. The molecule has 1 aliphatic rings. The Morgan fingerprint density at radius 3 is 2.80 bits per heavy atom. The minimum absolute atomic E-state index is 0.243. The first-order chi connectivity index (χ1) is 14.7. The number of amidine groups is 1. The summed E-state index contributed by atoms with van der Waals surface area (Å²) in [6.45, 7) is 1.57. The van der Waals surface area contributed by atoms with E-state index in [2.05, 4.69) is 20.6 Å². The molecule has 4 rings (SSSR count). The molecule has 2 aromatic carbocycles. The molecule has 2 heterocycles. The molecule has 0 spiro atoms. The Balaban J connectivity index is 1.42. The second kappa shape index (κ2) is 9.24. The minimum atomic E-state index is -0.243. The average Bonchev–Trinajstić information content (AvgIpc) is 3.28. The van der Waals surface area contributed by atoms with E-state index in [-0.39, 0.29) is 5.91 Å². The lowest BCUT2D eigenvalue weighted by Crippen LogP contribution is -2.20. The number of amides is 1. The van der Waals surface area contributed by atoms with Crippen LogP contribution in [0.25, 0.3) is 6.08 Å². The molecule has 1 aromatic heterocycles. The Labute approximate surface area is 179 Å². The highest BCUT2D eigenvalue weighted by molar-refractivity contribution is 6.30. The van der Waals surface area contributed by atoms with Crippen molar-refractivity contribution >= 4 is 35.1 Å². The van der Waals surface area contributed by atoms with Gasteiger partial charge in [-0.25, -0.2) is 0 Å². The summed E-state index contributed by atoms with van der Waals surface area (Å²) in [6, 6.07) is 18.1. The van der Waals surface area contributed by atoms with E-state index in [1.807, 2.05) is 30.3 Å². The van der Waals surface area contributed by atoms with Gasteiger partial charge in [-0.3, -0.25) is 14.8 Å². The van der Waals surface area contributed by atoms with E-state index < -0.39 is 0 Å². The third kappa shape index (κ3) is 5.24. The molecule has 0 saturated heterocycles. The molecule has 0 fully saturated rings. The van der Waals surface area contributed by atoms with Crippen LogP contribution in [-0.2, 0) is 4.79 Å². The second-order valence-electron chi connectivity index (χ2n) is 6.54. The first kappa shape index (κ1) is 19.7. The highest BCUT2D eigenvalue weighted by Gasteiger charge is 2.10. The van der Waals surface area contributed by atoms with Crippen LogP contribution in [-0.4, -0.2) is 29.8 Å². The number of benzene rings is 2. The summed E-state index contributed by atoms with van der Waals surface area (Å²) in [5.41, 5.74) is 2.23. The second-order valence-corrected chi connectivity index (χ2v) is 6.98. The maximum absolute atomic E-state index is 12.1. The van der Waals surface area contributed by atoms with Crippen molar-refractivity contribution in [1.82, 2.24) is 10.3 Å². The highest BCUT2D eigenvalue weighted by atomic mass is 35.5. The predicted octanol–water partition coefficient (Wildman–Crippen LogP) is 4.53. The molecule has 6 nitrogen and oxygen atoms in total. The number of carbonyl (C=O) groups excluding carboxylic acids is 1. The van der Waals surface area contributed by atoms with E-state index in [1.165, 1.54) is 6.08 Å². The number of ether oxygens (including phenoxy) is 1. The zero-order chi connectivity index (χ0) is 20.8. The maximum Gasteiger partial charge on any atom is 0.248 e. The van der Waals surface area contributed by atoms with Crippen LogP contribution in [0.1, 0.15) is 11.3 Å². The van der Waals surface area contributed by atoms with Gasteiger partial charge < -0.3 is 15.4 Å². The van der Waals surface area contributed by atoms with Gasteiger partial charge in [-0.05, 0) is 48.0 Å². The summed E-state index contributed by atoms with van der Waals surface area (Å²) in [7, 11) is 0. The smallest absolute Gasteiger partial charge is 0.248 e. The summed E-state index contributed by atoms with van der Waals surface area (Å²) < 4.78 is 5.96. The van der Waals surface area contributed by atoms with Crippen molar-refractivity contribution in [3.8, 4) is 11.5 Å². The van der Waals surface area contributed by atoms with Crippen LogP contribution in [0, 0.1) is 0 Å². The minimum Gasteiger partial charge on any atom is -0.457 e. The number of carbonyl (C=O) groups is 1. The van der Waals surface area contributed by atoms with E-state index >= 15 is 0 Å². The molecule has 2 N–H and O–H groups in total. The van der Waals surface area contributed by atoms with Gasteiger partial charge in [0.2, 0.25) is 5.91 Å². The number of nitrogens with zero attached hydrogens (tertiary/aromatic N) is 2. The zero-order valence-corrected chi connectivity index (χ0v) is 16.8. The molecule has 0 aliphatic carbocycles. The quantitative estimate of drug-likeness (QED) is 0.577. The predicted molar refractivity (Wildman–Crippen MR) is 119 cm³/mol. The van der Waals surface area contributed by atoms with E-state index in [0.717, 1.165) is 30.2 Å². The van der Waals surface area contributed by atoms with Gasteiger partial charge >= 0.3 is 0 Å². The van der Waals surface area contributed by atoms with Crippen molar-refractivity contribution in [2.45, 2.75) is 0 Å². The zero-order valence-electron chi connectivity index (χ0n) is 16.0. The van der Waals surface area contributed by atoms with E-state index in [9.17, 15) is 4.79 Å². The van der Waals surface area contributed by atoms with Gasteiger partial charge in [-0.15, -0.1) is 0 Å². The van der Waals surface area contributed by atoms with Crippen LogP contribution in [0.2, 0.25) is 5.02 Å². The van der Waals surface area contributed by atoms with Gasteiger partial charge in [0.15, 0.2) is 0 Å². The van der Waals surface area contributed by atoms with Crippen LogP contribution in [0.5, 0.6) is 11.5 Å². The van der Waals surface area contributed by atoms with Crippen LogP contribution in [0.4, 0.5) is 5.69 Å². The van der Waals surface area contributed by atoms with Crippen LogP contribution in [0.3, 0.4) is 0 Å². The number of aromatic nitrogens is 1. The molecule has 0 unspecified atom stereocenters. The van der Waals surface area contributed by atoms with Crippen LogP contribution >= 0.6 is 11.6 Å². The Morgan fingerprint density at radius 2 is 1.97 bits per heavy atom. The average molecular weight is 419 g/mol. The van der Waals surface area contributed by atoms with Crippen molar-refractivity contribution in [3.63, 3.8) is 0 Å². The summed E-state index contributed by atoms with van der Waals surface area (Å²) >= 11 is 5.93. The SMILES string of the molecule is O=C(C=Cc1cccc(Oc2ccnc(C3=NCCN3)c2)c1)Nc1cccc(Cl)c1. The number of rotatable bonds is 6. The molecule has 0 atom stereocenters. The molecule has 1 aliphatic heterocycles. The first-order valence-electron chi connectivity index (χ1n) is 9.43. The largest absolute Gasteiger partial charge is 0.457 e. The third-order valence-corrected chi connectivity index (χ3v) is 4.50. The van der Waals surface area contributed by atoms with Crippen molar-refractivity contribution in [1.29, 1.82) is 0 Å². The molecular formula is C23H19ClN4O2. The van der Waals surface area contributed by atoms with Gasteiger partial charge in [0.05, 0.1) is 6.54 Å². The molecule has 150 valence electrons. The molecule has 7 heteroatoms. The number of hydrogen-bond acceptors (Lipinski definition) is 5. The number of nitrogens with one attached hydrogen (secondary N) is 2. The summed E-state index contributed by atoms with van der Waals surface area (Å²) in [5.74, 6) is 1.86. The Morgan fingerprint density at radius 1 is 1.10 bits per heavy atom. The van der Waals surface area contributed by atoms with Crippen molar-refractivity contribution in [3.05, 3.63) is 89.2 Å². The van der Waals surface area contributed by atoms with Gasteiger partial charge in [-0.2, -0.15) is 0 Å². The Kier molecular flexibility index (Phi) is 6.06. The van der Waals surface area contributed by atoms with E-state index in [4.69, 9.17) is 16.3 Å².